The van der Waals surface area contributed by atoms with Crippen LogP contribution in [0.25, 0.3) is 0 Å². The van der Waals surface area contributed by atoms with Gasteiger partial charge in [-0.1, -0.05) is 0 Å². The third-order valence-electron chi connectivity index (χ3n) is 2.03. The van der Waals surface area contributed by atoms with Gasteiger partial charge in [0.15, 0.2) is 0 Å². The number of carbonyl (C=O) groups excluding carboxylic acids is 2. The summed E-state index contributed by atoms with van der Waals surface area (Å²) in [5, 5.41) is 5.06. The Hall–Kier alpha value is -1.47. The number of hydrogen-bond donors (Lipinski definition) is 2. The van der Waals surface area contributed by atoms with E-state index >= 15 is 0 Å². The molecule has 0 aliphatic heterocycles. The Morgan fingerprint density at radius 3 is 2.94 bits per heavy atom. The Labute approximate surface area is 103 Å². The molecule has 6 nitrogen and oxygen atoms in total. The van der Waals surface area contributed by atoms with E-state index in [9.17, 15) is 9.59 Å². The SMILES string of the molecule is COC(=O)CCCNC(=O)c1csc(CN)n1. The van der Waals surface area contributed by atoms with Crippen molar-refractivity contribution in [3.05, 3.63) is 16.1 Å². The predicted molar refractivity (Wildman–Crippen MR) is 63.6 cm³/mol. The van der Waals surface area contributed by atoms with Crippen LogP contribution in [-0.2, 0) is 16.1 Å². The topological polar surface area (TPSA) is 94.3 Å². The van der Waals surface area contributed by atoms with Crippen molar-refractivity contribution in [1.82, 2.24) is 10.3 Å². The second-order valence-electron chi connectivity index (χ2n) is 3.27. The van der Waals surface area contributed by atoms with Crippen LogP contribution in [-0.4, -0.2) is 30.5 Å². The van der Waals surface area contributed by atoms with Crippen molar-refractivity contribution in [3.8, 4) is 0 Å². The van der Waals surface area contributed by atoms with E-state index < -0.39 is 0 Å². The lowest BCUT2D eigenvalue weighted by molar-refractivity contribution is -0.140. The lowest BCUT2D eigenvalue weighted by Crippen LogP contribution is -2.25. The number of carbonyl (C=O) groups is 2. The molecular formula is C10H15N3O3S. The van der Waals surface area contributed by atoms with Crippen LogP contribution in [0.15, 0.2) is 5.38 Å². The summed E-state index contributed by atoms with van der Waals surface area (Å²) >= 11 is 1.35. The predicted octanol–water partition coefficient (Wildman–Crippen LogP) is 0.285. The third kappa shape index (κ3) is 4.49. The van der Waals surface area contributed by atoms with Crippen LogP contribution in [0.1, 0.15) is 28.3 Å². The van der Waals surface area contributed by atoms with Gasteiger partial charge in [0.25, 0.3) is 5.91 Å². The highest BCUT2D eigenvalue weighted by Crippen LogP contribution is 2.08. The normalized spacial score (nSPS) is 10.0. The summed E-state index contributed by atoms with van der Waals surface area (Å²) in [6, 6.07) is 0. The number of rotatable bonds is 6. The van der Waals surface area contributed by atoms with Crippen molar-refractivity contribution in [2.75, 3.05) is 13.7 Å². The first-order valence-electron chi connectivity index (χ1n) is 5.17. The van der Waals surface area contributed by atoms with Crippen molar-refractivity contribution in [2.45, 2.75) is 19.4 Å². The Morgan fingerprint density at radius 2 is 2.35 bits per heavy atom. The molecule has 0 aliphatic rings. The number of aromatic nitrogens is 1. The number of methoxy groups -OCH3 is 1. The Bertz CT molecular complexity index is 392. The smallest absolute Gasteiger partial charge is 0.305 e. The van der Waals surface area contributed by atoms with Crippen LogP contribution in [0, 0.1) is 0 Å². The van der Waals surface area contributed by atoms with E-state index in [0.29, 0.717) is 31.6 Å². The minimum atomic E-state index is -0.279. The number of ether oxygens (including phenoxy) is 1. The highest BCUT2D eigenvalue weighted by Gasteiger charge is 2.09. The molecule has 1 aromatic rings. The summed E-state index contributed by atoms with van der Waals surface area (Å²) in [5.41, 5.74) is 5.77. The average Bonchev–Trinajstić information content (AvgIpc) is 2.82. The van der Waals surface area contributed by atoms with Crippen LogP contribution in [0.3, 0.4) is 0 Å². The summed E-state index contributed by atoms with van der Waals surface area (Å²) < 4.78 is 4.48. The summed E-state index contributed by atoms with van der Waals surface area (Å²) in [6.07, 6.45) is 0.841. The maximum atomic E-state index is 11.6. The summed E-state index contributed by atoms with van der Waals surface area (Å²) in [5.74, 6) is -0.524. The Kier molecular flexibility index (Phi) is 5.58. The quantitative estimate of drug-likeness (QED) is 0.564. The van der Waals surface area contributed by atoms with Gasteiger partial charge < -0.3 is 15.8 Å². The molecule has 0 atom stereocenters. The summed E-state index contributed by atoms with van der Waals surface area (Å²) in [7, 11) is 1.34. The Morgan fingerprint density at radius 1 is 1.59 bits per heavy atom. The number of thiazole rings is 1. The number of nitrogens with one attached hydrogen (secondary N) is 1. The largest absolute Gasteiger partial charge is 0.469 e. The fourth-order valence-electron chi connectivity index (χ4n) is 1.14. The van der Waals surface area contributed by atoms with E-state index in [1.165, 1.54) is 18.4 Å². The van der Waals surface area contributed by atoms with Gasteiger partial charge in [0.05, 0.1) is 7.11 Å². The van der Waals surface area contributed by atoms with Crippen molar-refractivity contribution in [2.24, 2.45) is 5.73 Å². The van der Waals surface area contributed by atoms with E-state index in [4.69, 9.17) is 5.73 Å². The zero-order valence-electron chi connectivity index (χ0n) is 9.56. The molecule has 1 heterocycles. The van der Waals surface area contributed by atoms with Crippen LogP contribution in [0.4, 0.5) is 0 Å². The molecule has 0 radical (unpaired) electrons. The number of esters is 1. The molecule has 3 N–H and O–H groups in total. The van der Waals surface area contributed by atoms with Crippen LogP contribution >= 0.6 is 11.3 Å². The molecule has 0 saturated carbocycles. The maximum Gasteiger partial charge on any atom is 0.305 e. The van der Waals surface area contributed by atoms with Crippen molar-refractivity contribution >= 4 is 23.2 Å². The van der Waals surface area contributed by atoms with E-state index in [-0.39, 0.29) is 11.9 Å². The van der Waals surface area contributed by atoms with Crippen molar-refractivity contribution in [1.29, 1.82) is 0 Å². The maximum absolute atomic E-state index is 11.6. The number of nitrogens with zero attached hydrogens (tertiary/aromatic N) is 1. The molecule has 17 heavy (non-hydrogen) atoms. The number of hydrogen-bond acceptors (Lipinski definition) is 6. The second-order valence-corrected chi connectivity index (χ2v) is 4.21. The lowest BCUT2D eigenvalue weighted by Gasteiger charge is -2.02. The first kappa shape index (κ1) is 13.6. The zero-order valence-corrected chi connectivity index (χ0v) is 10.4. The molecule has 1 amide bonds. The number of amides is 1. The molecule has 0 fully saturated rings. The van der Waals surface area contributed by atoms with Crippen molar-refractivity contribution in [3.63, 3.8) is 0 Å². The fourth-order valence-corrected chi connectivity index (χ4v) is 1.79. The van der Waals surface area contributed by atoms with Gasteiger partial charge in [0, 0.05) is 24.9 Å². The summed E-state index contributed by atoms with van der Waals surface area (Å²) in [4.78, 5) is 26.4. The molecule has 0 spiro atoms. The van der Waals surface area contributed by atoms with Crippen LogP contribution < -0.4 is 11.1 Å². The van der Waals surface area contributed by atoms with Crippen LogP contribution in [0.5, 0.6) is 0 Å². The highest BCUT2D eigenvalue weighted by molar-refractivity contribution is 7.09. The van der Waals surface area contributed by atoms with Gasteiger partial charge in [-0.05, 0) is 6.42 Å². The zero-order chi connectivity index (χ0) is 12.7. The van der Waals surface area contributed by atoms with Gasteiger partial charge in [-0.3, -0.25) is 9.59 Å². The minimum absolute atomic E-state index is 0.245. The van der Waals surface area contributed by atoms with E-state index in [0.717, 1.165) is 5.01 Å². The van der Waals surface area contributed by atoms with Gasteiger partial charge in [-0.25, -0.2) is 4.98 Å². The molecule has 0 bridgehead atoms. The van der Waals surface area contributed by atoms with Crippen LogP contribution in [0.2, 0.25) is 0 Å². The molecule has 94 valence electrons. The lowest BCUT2D eigenvalue weighted by atomic mass is 10.3. The fraction of sp³-hybridized carbons (Fsp3) is 0.500. The first-order chi connectivity index (χ1) is 8.17. The number of nitrogens with two attached hydrogens (primary N) is 1. The van der Waals surface area contributed by atoms with Gasteiger partial charge in [0.1, 0.15) is 10.7 Å². The van der Waals surface area contributed by atoms with Crippen molar-refractivity contribution < 1.29 is 14.3 Å². The monoisotopic (exact) mass is 257 g/mol. The molecule has 0 aliphatic carbocycles. The van der Waals surface area contributed by atoms with Gasteiger partial charge in [-0.15, -0.1) is 11.3 Å². The van der Waals surface area contributed by atoms with Gasteiger partial charge >= 0.3 is 5.97 Å². The van der Waals surface area contributed by atoms with E-state index in [1.54, 1.807) is 5.38 Å². The minimum Gasteiger partial charge on any atom is -0.469 e. The average molecular weight is 257 g/mol. The molecule has 1 aromatic heterocycles. The molecular weight excluding hydrogens is 242 g/mol. The molecule has 0 aromatic carbocycles. The third-order valence-corrected chi connectivity index (χ3v) is 2.90. The second kappa shape index (κ2) is 6.97. The molecule has 0 saturated heterocycles. The Balaban J connectivity index is 2.27. The van der Waals surface area contributed by atoms with E-state index in [2.05, 4.69) is 15.0 Å². The van der Waals surface area contributed by atoms with Gasteiger partial charge in [-0.2, -0.15) is 0 Å². The standard InChI is InChI=1S/C10H15N3O3S/c1-16-9(14)3-2-4-12-10(15)7-6-17-8(5-11)13-7/h6H,2-5,11H2,1H3,(H,12,15). The van der Waals surface area contributed by atoms with E-state index in [1.807, 2.05) is 0 Å². The molecule has 0 unspecified atom stereocenters. The summed E-state index contributed by atoms with van der Waals surface area (Å²) in [6.45, 7) is 0.754. The van der Waals surface area contributed by atoms with Gasteiger partial charge in [0.2, 0.25) is 0 Å². The first-order valence-corrected chi connectivity index (χ1v) is 6.04. The highest BCUT2D eigenvalue weighted by atomic mass is 32.1. The molecule has 1 rings (SSSR count). The molecule has 7 heteroatoms.